The van der Waals surface area contributed by atoms with Crippen molar-refractivity contribution < 1.29 is 38.7 Å². The maximum absolute atomic E-state index is 12.6. The van der Waals surface area contributed by atoms with E-state index in [1.165, 1.54) is 0 Å². The predicted octanol–water partition coefficient (Wildman–Crippen LogP) is 3.07. The second-order valence-corrected chi connectivity index (χ2v) is 9.98. The Kier molecular flexibility index (Phi) is 10.3. The Morgan fingerprint density at radius 1 is 1.26 bits per heavy atom. The number of hydrogen-bond donors (Lipinski definition) is 2. The number of carbonyl (C=O) groups is 1. The quantitative estimate of drug-likeness (QED) is 0.239. The highest BCUT2D eigenvalue weighted by Crippen LogP contribution is 2.39. The first kappa shape index (κ1) is 28.2. The third kappa shape index (κ3) is 6.52. The van der Waals surface area contributed by atoms with Crippen LogP contribution in [0.4, 0.5) is 0 Å². The lowest BCUT2D eigenvalue weighted by atomic mass is 9.95. The average molecular weight is 498 g/mol. The van der Waals surface area contributed by atoms with Gasteiger partial charge in [-0.1, -0.05) is 27.4 Å². The number of allylic oxidation sites excluding steroid dienone is 1. The average Bonchev–Trinajstić information content (AvgIpc) is 3.22. The van der Waals surface area contributed by atoms with Crippen molar-refractivity contribution in [2.45, 2.75) is 103 Å². The van der Waals surface area contributed by atoms with Crippen LogP contribution in [0.1, 0.15) is 59.8 Å². The smallest absolute Gasteiger partial charge is 0.197 e. The number of carbonyl (C=O) groups excluding carboxylic acids is 1. The molecule has 0 aromatic heterocycles. The number of nitrogens with zero attached hydrogens (tertiary/aromatic N) is 1. The first-order valence-electron chi connectivity index (χ1n) is 12.8. The van der Waals surface area contributed by atoms with Crippen molar-refractivity contribution >= 4 is 5.78 Å². The third-order valence-corrected chi connectivity index (χ3v) is 7.14. The number of methoxy groups -OCH3 is 1. The largest absolute Gasteiger partial charge is 0.507 e. The van der Waals surface area contributed by atoms with E-state index in [2.05, 4.69) is 11.5 Å². The first-order valence-corrected chi connectivity index (χ1v) is 12.8. The minimum atomic E-state index is -0.608. The fourth-order valence-electron chi connectivity index (χ4n) is 5.18. The summed E-state index contributed by atoms with van der Waals surface area (Å²) in [5.74, 6) is 0.0688. The van der Waals surface area contributed by atoms with Gasteiger partial charge in [0.05, 0.1) is 24.4 Å². The highest BCUT2D eigenvalue weighted by Gasteiger charge is 2.53. The van der Waals surface area contributed by atoms with E-state index in [0.29, 0.717) is 37.4 Å². The van der Waals surface area contributed by atoms with E-state index in [4.69, 9.17) is 23.7 Å². The van der Waals surface area contributed by atoms with E-state index < -0.39 is 18.7 Å². The summed E-state index contributed by atoms with van der Waals surface area (Å²) in [6, 6.07) is 0.0697. The summed E-state index contributed by atoms with van der Waals surface area (Å²) >= 11 is 0. The predicted molar refractivity (Wildman–Crippen MR) is 130 cm³/mol. The molecule has 0 spiro atoms. The maximum atomic E-state index is 12.6. The van der Waals surface area contributed by atoms with Crippen LogP contribution < -0.4 is 0 Å². The number of Topliss-reactive ketones (excluding diaryl/α,β-unsaturated/α-hetero) is 1. The number of hydrogen-bond acceptors (Lipinski definition) is 9. The van der Waals surface area contributed by atoms with Crippen LogP contribution in [-0.4, -0.2) is 90.9 Å². The maximum Gasteiger partial charge on any atom is 0.197 e. The number of aliphatic hydroxyl groups is 2. The molecule has 0 aromatic rings. The Morgan fingerprint density at radius 3 is 2.63 bits per heavy atom. The van der Waals surface area contributed by atoms with Gasteiger partial charge in [-0.05, 0) is 25.7 Å². The van der Waals surface area contributed by atoms with Crippen molar-refractivity contribution in [2.75, 3.05) is 26.9 Å². The SMILES string of the molecule is C=C(C(=O)CCC(C)C)/C(O)=C(\CC)[C@H](CCO)O[C@H]1C[C@H]2[C@H](O[C@@H]3[C@@H](OC)OCCN32)[C@H](C)O1. The number of morpholine rings is 1. The summed E-state index contributed by atoms with van der Waals surface area (Å²) in [5.41, 5.74) is 0.643. The van der Waals surface area contributed by atoms with Gasteiger partial charge in [-0.25, -0.2) is 0 Å². The molecule has 3 rings (SSSR count). The van der Waals surface area contributed by atoms with Gasteiger partial charge in [-0.15, -0.1) is 0 Å². The highest BCUT2D eigenvalue weighted by molar-refractivity contribution is 5.98. The van der Waals surface area contributed by atoms with Crippen LogP contribution in [0.2, 0.25) is 0 Å². The standard InChI is InChI=1S/C26H43NO8/c1-7-18(23(30)16(4)20(29)9-8-15(2)3)21(10-12-28)34-22-14-19-24(17(5)33-22)35-25-26(31-6)32-13-11-27(19)25/h15,17,19,21-22,24-26,28,30H,4,7-14H2,1-3,5-6H3/b23-18-/t17-,19-,21-,22-,24+,25+,26-/m0/s1. The van der Waals surface area contributed by atoms with E-state index in [1.54, 1.807) is 7.11 Å². The lowest BCUT2D eigenvalue weighted by Crippen LogP contribution is -2.55. The van der Waals surface area contributed by atoms with Crippen molar-refractivity contribution in [1.29, 1.82) is 0 Å². The second kappa shape index (κ2) is 12.8. The summed E-state index contributed by atoms with van der Waals surface area (Å²) < 4.78 is 29.9. The van der Waals surface area contributed by atoms with Crippen molar-refractivity contribution in [3.63, 3.8) is 0 Å². The molecule has 0 radical (unpaired) electrons. The monoisotopic (exact) mass is 497 g/mol. The fourth-order valence-corrected chi connectivity index (χ4v) is 5.18. The molecular weight excluding hydrogens is 454 g/mol. The molecule has 0 amide bonds. The molecule has 3 fully saturated rings. The van der Waals surface area contributed by atoms with Crippen molar-refractivity contribution in [1.82, 2.24) is 4.90 Å². The van der Waals surface area contributed by atoms with Crippen LogP contribution in [-0.2, 0) is 28.5 Å². The van der Waals surface area contributed by atoms with Crippen LogP contribution in [0.3, 0.4) is 0 Å². The van der Waals surface area contributed by atoms with Gasteiger partial charge < -0.3 is 33.9 Å². The van der Waals surface area contributed by atoms with Gasteiger partial charge in [0.2, 0.25) is 0 Å². The Morgan fingerprint density at radius 2 is 2.00 bits per heavy atom. The normalized spacial score (nSPS) is 32.7. The summed E-state index contributed by atoms with van der Waals surface area (Å²) in [7, 11) is 1.61. The van der Waals surface area contributed by atoms with Gasteiger partial charge in [0, 0.05) is 51.1 Å². The van der Waals surface area contributed by atoms with Gasteiger partial charge in [-0.3, -0.25) is 9.69 Å². The number of ketones is 1. The van der Waals surface area contributed by atoms with Crippen molar-refractivity contribution in [2.24, 2.45) is 5.92 Å². The first-order chi connectivity index (χ1) is 16.7. The molecular formula is C26H43NO8. The van der Waals surface area contributed by atoms with E-state index in [9.17, 15) is 15.0 Å². The molecule has 3 aliphatic heterocycles. The minimum absolute atomic E-state index is 0.0697. The Hall–Kier alpha value is -1.33. The van der Waals surface area contributed by atoms with Gasteiger partial charge >= 0.3 is 0 Å². The minimum Gasteiger partial charge on any atom is -0.507 e. The fraction of sp³-hybridized carbons (Fsp3) is 0.808. The van der Waals surface area contributed by atoms with Gasteiger partial charge in [-0.2, -0.15) is 0 Å². The molecule has 3 aliphatic rings. The topological polar surface area (TPSA) is 107 Å². The molecule has 200 valence electrons. The van der Waals surface area contributed by atoms with Crippen LogP contribution in [0.25, 0.3) is 0 Å². The van der Waals surface area contributed by atoms with Crippen LogP contribution >= 0.6 is 0 Å². The highest BCUT2D eigenvalue weighted by atomic mass is 16.7. The Labute approximate surface area is 209 Å². The molecule has 0 bridgehead atoms. The molecule has 9 nitrogen and oxygen atoms in total. The lowest BCUT2D eigenvalue weighted by molar-refractivity contribution is -0.252. The van der Waals surface area contributed by atoms with Gasteiger partial charge in [0.25, 0.3) is 0 Å². The third-order valence-electron chi connectivity index (χ3n) is 7.14. The molecule has 0 unspecified atom stereocenters. The number of fused-ring (bicyclic) bond motifs is 3. The van der Waals surface area contributed by atoms with Crippen molar-refractivity contribution in [3.05, 3.63) is 23.5 Å². The molecule has 35 heavy (non-hydrogen) atoms. The zero-order valence-corrected chi connectivity index (χ0v) is 21.8. The molecule has 0 aliphatic carbocycles. The summed E-state index contributed by atoms with van der Waals surface area (Å²) in [4.78, 5) is 14.8. The van der Waals surface area contributed by atoms with E-state index in [0.717, 1.165) is 13.0 Å². The summed E-state index contributed by atoms with van der Waals surface area (Å²) in [6.45, 7) is 12.9. The van der Waals surface area contributed by atoms with Gasteiger partial charge in [0.1, 0.15) is 11.9 Å². The number of aliphatic hydroxyl groups excluding tert-OH is 2. The summed E-state index contributed by atoms with van der Waals surface area (Å²) in [5, 5.41) is 20.7. The molecule has 3 heterocycles. The Balaban J connectivity index is 1.74. The van der Waals surface area contributed by atoms with Crippen LogP contribution in [0.15, 0.2) is 23.5 Å². The molecule has 2 N–H and O–H groups in total. The van der Waals surface area contributed by atoms with Crippen molar-refractivity contribution in [3.8, 4) is 0 Å². The van der Waals surface area contributed by atoms with E-state index >= 15 is 0 Å². The number of rotatable bonds is 12. The molecule has 9 heteroatoms. The van der Waals surface area contributed by atoms with E-state index in [-0.39, 0.29) is 54.6 Å². The summed E-state index contributed by atoms with van der Waals surface area (Å²) in [6.07, 6.45) is 0.0666. The van der Waals surface area contributed by atoms with Gasteiger partial charge in [0.15, 0.2) is 24.6 Å². The second-order valence-electron chi connectivity index (χ2n) is 9.98. The molecule has 7 atom stereocenters. The zero-order chi connectivity index (χ0) is 25.7. The Bertz CT molecular complexity index is 768. The molecule has 0 saturated carbocycles. The van der Waals surface area contributed by atoms with Crippen LogP contribution in [0.5, 0.6) is 0 Å². The van der Waals surface area contributed by atoms with E-state index in [1.807, 2.05) is 27.7 Å². The molecule has 0 aromatic carbocycles. The van der Waals surface area contributed by atoms with Crippen LogP contribution in [0, 0.1) is 5.92 Å². The zero-order valence-electron chi connectivity index (χ0n) is 21.8. The number of ether oxygens (including phenoxy) is 5. The lowest BCUT2D eigenvalue weighted by Gasteiger charge is -2.41. The molecule has 3 saturated heterocycles.